The maximum atomic E-state index is 12.1. The first-order valence-electron chi connectivity index (χ1n) is 7.17. The first kappa shape index (κ1) is 17.3. The van der Waals surface area contributed by atoms with Gasteiger partial charge in [0.25, 0.3) is 5.69 Å². The van der Waals surface area contributed by atoms with Gasteiger partial charge in [0, 0.05) is 18.6 Å². The molecule has 0 fully saturated rings. The van der Waals surface area contributed by atoms with Crippen molar-refractivity contribution in [1.29, 1.82) is 0 Å². The molecule has 0 heterocycles. The third-order valence-electron chi connectivity index (χ3n) is 3.40. The number of hydrogen-bond acceptors (Lipinski definition) is 6. The summed E-state index contributed by atoms with van der Waals surface area (Å²) < 4.78 is 15.3. The van der Waals surface area contributed by atoms with Crippen LogP contribution in [0.2, 0.25) is 0 Å². The molecule has 0 atom stereocenters. The monoisotopic (exact) mass is 331 g/mol. The van der Waals surface area contributed by atoms with Crippen molar-refractivity contribution < 1.29 is 23.9 Å². The Balaban J connectivity index is 2.01. The van der Waals surface area contributed by atoms with Gasteiger partial charge in [-0.05, 0) is 23.8 Å². The van der Waals surface area contributed by atoms with Crippen molar-refractivity contribution in [1.82, 2.24) is 0 Å². The van der Waals surface area contributed by atoms with Crippen molar-refractivity contribution in [3.63, 3.8) is 0 Å². The minimum atomic E-state index is -0.663. The number of esters is 1. The van der Waals surface area contributed by atoms with Crippen molar-refractivity contribution in [3.05, 3.63) is 63.7 Å². The molecular weight excluding hydrogens is 314 g/mol. The third kappa shape index (κ3) is 4.22. The summed E-state index contributed by atoms with van der Waals surface area (Å²) >= 11 is 0. The second-order valence-electron chi connectivity index (χ2n) is 4.88. The largest absolute Gasteiger partial charge is 0.497 e. The lowest BCUT2D eigenvalue weighted by atomic mass is 10.1. The molecule has 0 saturated heterocycles. The summed E-state index contributed by atoms with van der Waals surface area (Å²) in [6.45, 7) is 0.150. The summed E-state index contributed by atoms with van der Waals surface area (Å²) in [5.41, 5.74) is 0.814. The molecule has 0 unspecified atom stereocenters. The Labute approximate surface area is 138 Å². The number of non-ortho nitro benzene ring substituents is 1. The molecule has 2 aromatic carbocycles. The molecule has 2 rings (SSSR count). The van der Waals surface area contributed by atoms with Crippen LogP contribution in [0.5, 0.6) is 11.5 Å². The first-order chi connectivity index (χ1) is 11.5. The smallest absolute Gasteiger partial charge is 0.342 e. The van der Waals surface area contributed by atoms with Crippen LogP contribution in [0, 0.1) is 10.1 Å². The van der Waals surface area contributed by atoms with E-state index < -0.39 is 10.9 Å². The summed E-state index contributed by atoms with van der Waals surface area (Å²) in [6, 6.07) is 11.2. The van der Waals surface area contributed by atoms with Crippen LogP contribution in [0.4, 0.5) is 5.69 Å². The molecule has 0 spiro atoms. The summed E-state index contributed by atoms with van der Waals surface area (Å²) in [7, 11) is 2.97. The Kier molecular flexibility index (Phi) is 5.73. The molecule has 0 saturated carbocycles. The fourth-order valence-electron chi connectivity index (χ4n) is 2.10. The fourth-order valence-corrected chi connectivity index (χ4v) is 2.10. The summed E-state index contributed by atoms with van der Waals surface area (Å²) in [6.07, 6.45) is 0.521. The van der Waals surface area contributed by atoms with Gasteiger partial charge in [0.1, 0.15) is 17.1 Å². The Hall–Kier alpha value is -3.09. The van der Waals surface area contributed by atoms with Crippen LogP contribution in [0.25, 0.3) is 0 Å². The van der Waals surface area contributed by atoms with Crippen LogP contribution in [0.3, 0.4) is 0 Å². The van der Waals surface area contributed by atoms with Gasteiger partial charge >= 0.3 is 5.97 Å². The van der Waals surface area contributed by atoms with Crippen molar-refractivity contribution in [2.45, 2.75) is 6.42 Å². The molecule has 0 aromatic heterocycles. The number of nitro groups is 1. The molecule has 24 heavy (non-hydrogen) atoms. The van der Waals surface area contributed by atoms with Gasteiger partial charge in [0.15, 0.2) is 0 Å². The van der Waals surface area contributed by atoms with E-state index in [4.69, 9.17) is 14.2 Å². The van der Waals surface area contributed by atoms with Crippen LogP contribution >= 0.6 is 0 Å². The lowest BCUT2D eigenvalue weighted by Gasteiger charge is -2.09. The molecule has 0 aliphatic rings. The summed E-state index contributed by atoms with van der Waals surface area (Å²) in [4.78, 5) is 22.4. The lowest BCUT2D eigenvalue weighted by molar-refractivity contribution is -0.384. The maximum absolute atomic E-state index is 12.1. The van der Waals surface area contributed by atoms with Crippen LogP contribution in [-0.4, -0.2) is 31.7 Å². The van der Waals surface area contributed by atoms with Crippen molar-refractivity contribution in [2.24, 2.45) is 0 Å². The number of carbonyl (C=O) groups is 1. The van der Waals surface area contributed by atoms with E-state index in [0.717, 1.165) is 17.4 Å². The van der Waals surface area contributed by atoms with Gasteiger partial charge < -0.3 is 14.2 Å². The molecule has 7 nitrogen and oxygen atoms in total. The highest BCUT2D eigenvalue weighted by Crippen LogP contribution is 2.24. The molecule has 0 bridgehead atoms. The number of hydrogen-bond donors (Lipinski definition) is 0. The van der Waals surface area contributed by atoms with Gasteiger partial charge in [-0.2, -0.15) is 0 Å². The molecule has 0 radical (unpaired) electrons. The van der Waals surface area contributed by atoms with Gasteiger partial charge in [-0.25, -0.2) is 4.79 Å². The normalized spacial score (nSPS) is 10.1. The quantitative estimate of drug-likeness (QED) is 0.440. The summed E-state index contributed by atoms with van der Waals surface area (Å²) in [5.74, 6) is 0.316. The molecule has 126 valence electrons. The van der Waals surface area contributed by atoms with E-state index >= 15 is 0 Å². The predicted octanol–water partition coefficient (Wildman–Crippen LogP) is 3.01. The Morgan fingerprint density at radius 3 is 2.38 bits per heavy atom. The topological polar surface area (TPSA) is 87.9 Å². The molecule has 0 amide bonds. The summed E-state index contributed by atoms with van der Waals surface area (Å²) in [5, 5.41) is 10.8. The second kappa shape index (κ2) is 7.96. The Bertz CT molecular complexity index is 726. The minimum absolute atomic E-state index is 0.0291. The van der Waals surface area contributed by atoms with E-state index in [-0.39, 0.29) is 23.6 Å². The zero-order valence-electron chi connectivity index (χ0n) is 13.4. The van der Waals surface area contributed by atoms with E-state index in [9.17, 15) is 14.9 Å². The van der Waals surface area contributed by atoms with Crippen molar-refractivity contribution in [3.8, 4) is 11.5 Å². The zero-order valence-corrected chi connectivity index (χ0v) is 13.4. The van der Waals surface area contributed by atoms with Gasteiger partial charge in [-0.1, -0.05) is 12.1 Å². The molecule has 0 N–H and O–H groups in total. The maximum Gasteiger partial charge on any atom is 0.342 e. The second-order valence-corrected chi connectivity index (χ2v) is 4.88. The zero-order chi connectivity index (χ0) is 17.5. The molecular formula is C17H17NO6. The Morgan fingerprint density at radius 1 is 1.08 bits per heavy atom. The average molecular weight is 331 g/mol. The third-order valence-corrected chi connectivity index (χ3v) is 3.40. The van der Waals surface area contributed by atoms with Crippen molar-refractivity contribution in [2.75, 3.05) is 20.8 Å². The number of methoxy groups -OCH3 is 2. The minimum Gasteiger partial charge on any atom is -0.497 e. The standard InChI is InChI=1S/C17H17NO6/c1-22-14-6-3-12(4-7-14)9-10-24-17(19)15-11-13(18(20)21)5-8-16(15)23-2/h3-8,11H,9-10H2,1-2H3. The van der Waals surface area contributed by atoms with Crippen LogP contribution in [-0.2, 0) is 11.2 Å². The van der Waals surface area contributed by atoms with E-state index in [1.807, 2.05) is 24.3 Å². The number of benzene rings is 2. The van der Waals surface area contributed by atoms with Gasteiger partial charge in [-0.15, -0.1) is 0 Å². The number of nitro benzene ring substituents is 1. The highest BCUT2D eigenvalue weighted by atomic mass is 16.6. The fraction of sp³-hybridized carbons (Fsp3) is 0.235. The number of rotatable bonds is 7. The van der Waals surface area contributed by atoms with Gasteiger partial charge in [-0.3, -0.25) is 10.1 Å². The molecule has 0 aliphatic carbocycles. The van der Waals surface area contributed by atoms with E-state index in [1.54, 1.807) is 7.11 Å². The number of carbonyl (C=O) groups excluding carboxylic acids is 1. The highest BCUT2D eigenvalue weighted by Gasteiger charge is 2.18. The molecule has 0 aliphatic heterocycles. The van der Waals surface area contributed by atoms with Crippen LogP contribution < -0.4 is 9.47 Å². The van der Waals surface area contributed by atoms with Crippen molar-refractivity contribution >= 4 is 11.7 Å². The molecule has 2 aromatic rings. The molecule has 7 heteroatoms. The Morgan fingerprint density at radius 2 is 1.79 bits per heavy atom. The lowest BCUT2D eigenvalue weighted by Crippen LogP contribution is -2.10. The first-order valence-corrected chi connectivity index (χ1v) is 7.17. The SMILES string of the molecule is COc1ccc(CCOC(=O)c2cc([N+](=O)[O-])ccc2OC)cc1. The van der Waals surface area contributed by atoms with Gasteiger partial charge in [0.2, 0.25) is 0 Å². The number of ether oxygens (including phenoxy) is 3. The van der Waals surface area contributed by atoms with Crippen LogP contribution in [0.15, 0.2) is 42.5 Å². The highest BCUT2D eigenvalue weighted by molar-refractivity contribution is 5.93. The average Bonchev–Trinajstić information content (AvgIpc) is 2.61. The van der Waals surface area contributed by atoms with Crippen LogP contribution in [0.1, 0.15) is 15.9 Å². The predicted molar refractivity (Wildman–Crippen MR) is 86.6 cm³/mol. The number of nitrogens with zero attached hydrogens (tertiary/aromatic N) is 1. The van der Waals surface area contributed by atoms with E-state index in [2.05, 4.69) is 0 Å². The van der Waals surface area contributed by atoms with E-state index in [1.165, 1.54) is 19.2 Å². The van der Waals surface area contributed by atoms with Gasteiger partial charge in [0.05, 0.1) is 25.7 Å². The van der Waals surface area contributed by atoms with E-state index in [0.29, 0.717) is 6.42 Å².